The minimum absolute atomic E-state index is 0.308. The van der Waals surface area contributed by atoms with Crippen molar-refractivity contribution in [1.82, 2.24) is 4.90 Å². The van der Waals surface area contributed by atoms with Gasteiger partial charge in [0, 0.05) is 18.5 Å². The van der Waals surface area contributed by atoms with Crippen LogP contribution in [0.2, 0.25) is 0 Å². The molecule has 0 radical (unpaired) electrons. The summed E-state index contributed by atoms with van der Waals surface area (Å²) in [4.78, 5) is 13.2. The number of hydrogen-bond donors (Lipinski definition) is 1. The highest BCUT2D eigenvalue weighted by Crippen LogP contribution is 2.44. The van der Waals surface area contributed by atoms with Gasteiger partial charge in [-0.2, -0.15) is 0 Å². The van der Waals surface area contributed by atoms with Crippen LogP contribution < -0.4 is 0 Å². The number of aliphatic carboxylic acids is 1. The molecule has 19 heavy (non-hydrogen) atoms. The van der Waals surface area contributed by atoms with Crippen LogP contribution in [0.25, 0.3) is 0 Å². The maximum absolute atomic E-state index is 10.7. The fraction of sp³-hybridized carbons (Fsp3) is 0.938. The molecule has 0 aliphatic heterocycles. The number of hydrogen-bond acceptors (Lipinski definition) is 2. The quantitative estimate of drug-likeness (QED) is 0.767. The normalized spacial score (nSPS) is 28.0. The fourth-order valence-corrected chi connectivity index (χ4v) is 3.77. The van der Waals surface area contributed by atoms with Crippen LogP contribution in [-0.4, -0.2) is 34.6 Å². The van der Waals surface area contributed by atoms with Gasteiger partial charge in [0.25, 0.3) is 0 Å². The molecule has 0 spiro atoms. The molecule has 0 amide bonds. The van der Waals surface area contributed by atoms with Crippen molar-refractivity contribution in [3.63, 3.8) is 0 Å². The van der Waals surface area contributed by atoms with Gasteiger partial charge in [-0.3, -0.25) is 9.69 Å². The third kappa shape index (κ3) is 4.48. The second kappa shape index (κ2) is 6.74. The Kier molecular flexibility index (Phi) is 5.26. The van der Waals surface area contributed by atoms with Crippen molar-refractivity contribution in [2.75, 3.05) is 6.54 Å². The van der Waals surface area contributed by atoms with Crippen LogP contribution in [0.4, 0.5) is 0 Å². The van der Waals surface area contributed by atoms with Crippen molar-refractivity contribution in [3.05, 3.63) is 0 Å². The highest BCUT2D eigenvalue weighted by atomic mass is 16.4. The van der Waals surface area contributed by atoms with E-state index in [1.807, 2.05) is 0 Å². The van der Waals surface area contributed by atoms with Crippen LogP contribution in [0.1, 0.15) is 65.2 Å². The summed E-state index contributed by atoms with van der Waals surface area (Å²) >= 11 is 0. The van der Waals surface area contributed by atoms with Gasteiger partial charge in [0.15, 0.2) is 0 Å². The van der Waals surface area contributed by atoms with Gasteiger partial charge in [0.05, 0.1) is 0 Å². The SMILES string of the molecule is CC(C)N(CCCC(=O)O)C1CCCC(C2CC2)C1. The first-order valence-corrected chi connectivity index (χ1v) is 8.05. The molecule has 2 aliphatic carbocycles. The summed E-state index contributed by atoms with van der Waals surface area (Å²) in [5.41, 5.74) is 0. The first-order valence-electron chi connectivity index (χ1n) is 8.05. The van der Waals surface area contributed by atoms with Crippen LogP contribution in [0, 0.1) is 11.8 Å². The van der Waals surface area contributed by atoms with Gasteiger partial charge in [0.1, 0.15) is 0 Å². The highest BCUT2D eigenvalue weighted by molar-refractivity contribution is 5.66. The third-order valence-corrected chi connectivity index (χ3v) is 4.92. The molecule has 2 aliphatic rings. The monoisotopic (exact) mass is 267 g/mol. The number of rotatable bonds is 7. The summed E-state index contributed by atoms with van der Waals surface area (Å²) in [5, 5.41) is 8.78. The van der Waals surface area contributed by atoms with Crippen LogP contribution in [0.5, 0.6) is 0 Å². The van der Waals surface area contributed by atoms with E-state index in [1.165, 1.54) is 38.5 Å². The molecule has 0 aromatic rings. The molecule has 2 unspecified atom stereocenters. The van der Waals surface area contributed by atoms with Crippen LogP contribution in [0.15, 0.2) is 0 Å². The Morgan fingerprint density at radius 2 is 1.95 bits per heavy atom. The predicted molar refractivity (Wildman–Crippen MR) is 77.2 cm³/mol. The van der Waals surface area contributed by atoms with Crippen molar-refractivity contribution < 1.29 is 9.90 Å². The standard InChI is InChI=1S/C16H29NO2/c1-12(2)17(10-4-7-16(18)19)15-6-3-5-14(11-15)13-8-9-13/h12-15H,3-11H2,1-2H3,(H,18,19). The van der Waals surface area contributed by atoms with Crippen molar-refractivity contribution in [2.24, 2.45) is 11.8 Å². The molecular formula is C16H29NO2. The Hall–Kier alpha value is -0.570. The van der Waals surface area contributed by atoms with Crippen molar-refractivity contribution in [3.8, 4) is 0 Å². The molecule has 0 heterocycles. The molecule has 2 rings (SSSR count). The Morgan fingerprint density at radius 3 is 2.53 bits per heavy atom. The number of carbonyl (C=O) groups is 1. The largest absolute Gasteiger partial charge is 0.481 e. The van der Waals surface area contributed by atoms with Gasteiger partial charge >= 0.3 is 5.97 Å². The van der Waals surface area contributed by atoms with E-state index in [0.29, 0.717) is 18.5 Å². The summed E-state index contributed by atoms with van der Waals surface area (Å²) < 4.78 is 0. The zero-order valence-corrected chi connectivity index (χ0v) is 12.5. The van der Waals surface area contributed by atoms with E-state index in [0.717, 1.165) is 24.8 Å². The van der Waals surface area contributed by atoms with E-state index in [-0.39, 0.29) is 0 Å². The molecule has 3 heteroatoms. The van der Waals surface area contributed by atoms with E-state index >= 15 is 0 Å². The molecule has 2 fully saturated rings. The molecule has 3 nitrogen and oxygen atoms in total. The van der Waals surface area contributed by atoms with Gasteiger partial charge < -0.3 is 5.11 Å². The second-order valence-corrected chi connectivity index (χ2v) is 6.75. The number of nitrogens with zero attached hydrogens (tertiary/aromatic N) is 1. The lowest BCUT2D eigenvalue weighted by molar-refractivity contribution is -0.137. The van der Waals surface area contributed by atoms with E-state index in [4.69, 9.17) is 5.11 Å². The summed E-state index contributed by atoms with van der Waals surface area (Å²) in [6.45, 7) is 5.45. The summed E-state index contributed by atoms with van der Waals surface area (Å²) in [6, 6.07) is 1.24. The van der Waals surface area contributed by atoms with Gasteiger partial charge in [-0.25, -0.2) is 0 Å². The predicted octanol–water partition coefficient (Wildman–Crippen LogP) is 3.53. The van der Waals surface area contributed by atoms with Crippen LogP contribution in [0.3, 0.4) is 0 Å². The highest BCUT2D eigenvalue weighted by Gasteiger charge is 2.36. The lowest BCUT2D eigenvalue weighted by Crippen LogP contribution is -2.44. The Labute approximate surface area is 117 Å². The molecule has 0 aromatic heterocycles. The number of carboxylic acids is 1. The fourth-order valence-electron chi connectivity index (χ4n) is 3.77. The molecular weight excluding hydrogens is 238 g/mol. The van der Waals surface area contributed by atoms with E-state index in [9.17, 15) is 4.79 Å². The minimum Gasteiger partial charge on any atom is -0.481 e. The van der Waals surface area contributed by atoms with Gasteiger partial charge in [-0.15, -0.1) is 0 Å². The average molecular weight is 267 g/mol. The average Bonchev–Trinajstić information content (AvgIpc) is 3.18. The van der Waals surface area contributed by atoms with Crippen molar-refractivity contribution >= 4 is 5.97 Å². The zero-order valence-electron chi connectivity index (χ0n) is 12.5. The first kappa shape index (κ1) is 14.8. The van der Waals surface area contributed by atoms with Crippen LogP contribution >= 0.6 is 0 Å². The second-order valence-electron chi connectivity index (χ2n) is 6.75. The van der Waals surface area contributed by atoms with Gasteiger partial charge in [-0.1, -0.05) is 12.8 Å². The van der Waals surface area contributed by atoms with Crippen molar-refractivity contribution in [1.29, 1.82) is 0 Å². The maximum atomic E-state index is 10.7. The van der Waals surface area contributed by atoms with E-state index in [2.05, 4.69) is 18.7 Å². The zero-order chi connectivity index (χ0) is 13.8. The van der Waals surface area contributed by atoms with Gasteiger partial charge in [0.2, 0.25) is 0 Å². The molecule has 2 saturated carbocycles. The van der Waals surface area contributed by atoms with Gasteiger partial charge in [-0.05, 0) is 64.3 Å². The molecule has 0 saturated heterocycles. The molecule has 110 valence electrons. The lowest BCUT2D eigenvalue weighted by Gasteiger charge is -2.40. The third-order valence-electron chi connectivity index (χ3n) is 4.92. The first-order chi connectivity index (χ1) is 9.08. The summed E-state index contributed by atoms with van der Waals surface area (Å²) in [7, 11) is 0. The molecule has 0 bridgehead atoms. The molecule has 1 N–H and O–H groups in total. The van der Waals surface area contributed by atoms with E-state index in [1.54, 1.807) is 0 Å². The Morgan fingerprint density at radius 1 is 1.21 bits per heavy atom. The van der Waals surface area contributed by atoms with E-state index < -0.39 is 5.97 Å². The molecule has 0 aromatic carbocycles. The molecule has 2 atom stereocenters. The number of carboxylic acid groups (broad SMARTS) is 1. The topological polar surface area (TPSA) is 40.5 Å². The maximum Gasteiger partial charge on any atom is 0.303 e. The summed E-state index contributed by atoms with van der Waals surface area (Å²) in [5.74, 6) is 1.32. The smallest absolute Gasteiger partial charge is 0.303 e. The lowest BCUT2D eigenvalue weighted by atomic mass is 9.81. The minimum atomic E-state index is -0.664. The summed E-state index contributed by atoms with van der Waals surface area (Å²) in [6.07, 6.45) is 9.48. The van der Waals surface area contributed by atoms with Crippen molar-refractivity contribution in [2.45, 2.75) is 77.3 Å². The Bertz CT molecular complexity index is 299. The Balaban J connectivity index is 1.84. The van der Waals surface area contributed by atoms with Crippen LogP contribution in [-0.2, 0) is 4.79 Å².